The van der Waals surface area contributed by atoms with Crippen molar-refractivity contribution in [2.75, 3.05) is 26.2 Å². The molecule has 0 saturated carbocycles. The van der Waals surface area contributed by atoms with E-state index in [0.29, 0.717) is 12.3 Å². The van der Waals surface area contributed by atoms with Gasteiger partial charge in [0.05, 0.1) is 0 Å². The molecule has 1 aromatic heterocycles. The van der Waals surface area contributed by atoms with Gasteiger partial charge in [-0.15, -0.1) is 0 Å². The molecule has 4 heteroatoms. The van der Waals surface area contributed by atoms with E-state index in [-0.39, 0.29) is 5.91 Å². The lowest BCUT2D eigenvalue weighted by molar-refractivity contribution is 0.0926. The second-order valence-corrected chi connectivity index (χ2v) is 7.17. The summed E-state index contributed by atoms with van der Waals surface area (Å²) in [5, 5.41) is 6.28. The van der Waals surface area contributed by atoms with E-state index in [4.69, 9.17) is 4.42 Å². The zero-order valence-corrected chi connectivity index (χ0v) is 15.2. The lowest BCUT2D eigenvalue weighted by atomic mass is 10.1. The number of hydrogen-bond acceptors (Lipinski definition) is 3. The molecule has 1 amide bonds. The molecule has 0 aliphatic carbocycles. The number of hydrogen-bond donors (Lipinski definition) is 1. The molecule has 136 valence electrons. The first-order valence-electron chi connectivity index (χ1n) is 9.73. The zero-order chi connectivity index (χ0) is 17.8. The molecule has 1 N–H and O–H groups in total. The number of fused-ring (bicyclic) bond motifs is 3. The van der Waals surface area contributed by atoms with Crippen LogP contribution in [0.25, 0.3) is 21.7 Å². The Kier molecular flexibility index (Phi) is 5.21. The maximum Gasteiger partial charge on any atom is 0.287 e. The van der Waals surface area contributed by atoms with Crippen LogP contribution in [0.2, 0.25) is 0 Å². The fraction of sp³-hybridized carbons (Fsp3) is 0.409. The fourth-order valence-electron chi connectivity index (χ4n) is 3.86. The van der Waals surface area contributed by atoms with Gasteiger partial charge in [-0.25, -0.2) is 0 Å². The number of furan rings is 1. The lowest BCUT2D eigenvalue weighted by Crippen LogP contribution is -2.30. The van der Waals surface area contributed by atoms with Crippen LogP contribution in [0.5, 0.6) is 0 Å². The van der Waals surface area contributed by atoms with E-state index >= 15 is 0 Å². The minimum Gasteiger partial charge on any atom is -0.451 e. The van der Waals surface area contributed by atoms with Crippen LogP contribution in [-0.2, 0) is 0 Å². The Balaban J connectivity index is 1.36. The molecule has 0 bridgehead atoms. The van der Waals surface area contributed by atoms with E-state index in [2.05, 4.69) is 22.3 Å². The van der Waals surface area contributed by atoms with E-state index in [1.165, 1.54) is 38.8 Å². The zero-order valence-electron chi connectivity index (χ0n) is 15.2. The molecule has 1 saturated heterocycles. The molecule has 1 aliphatic heterocycles. The summed E-state index contributed by atoms with van der Waals surface area (Å²) in [5.74, 6) is 0.271. The van der Waals surface area contributed by atoms with Gasteiger partial charge >= 0.3 is 0 Å². The van der Waals surface area contributed by atoms with Gasteiger partial charge in [-0.1, -0.05) is 43.2 Å². The van der Waals surface area contributed by atoms with Crippen molar-refractivity contribution in [1.82, 2.24) is 10.2 Å². The van der Waals surface area contributed by atoms with E-state index in [1.807, 2.05) is 30.3 Å². The number of carbonyl (C=O) groups is 1. The number of benzene rings is 2. The standard InChI is InChI=1S/C22H26N2O2/c25-22(23-12-7-15-24-13-5-1-2-6-14-24)21-16-19-18-9-4-3-8-17(18)10-11-20(19)26-21/h3-4,8-11,16H,1-2,5-7,12-15H2,(H,23,25). The molecule has 0 unspecified atom stereocenters. The van der Waals surface area contributed by atoms with Gasteiger partial charge in [-0.05, 0) is 61.8 Å². The van der Waals surface area contributed by atoms with Gasteiger partial charge < -0.3 is 14.6 Å². The van der Waals surface area contributed by atoms with Crippen molar-refractivity contribution in [2.24, 2.45) is 0 Å². The van der Waals surface area contributed by atoms with Gasteiger partial charge in [-0.2, -0.15) is 0 Å². The van der Waals surface area contributed by atoms with Crippen LogP contribution < -0.4 is 5.32 Å². The first kappa shape index (κ1) is 17.1. The second-order valence-electron chi connectivity index (χ2n) is 7.17. The molecule has 2 aromatic carbocycles. The third-order valence-electron chi connectivity index (χ3n) is 5.29. The van der Waals surface area contributed by atoms with E-state index in [1.54, 1.807) is 0 Å². The first-order valence-corrected chi connectivity index (χ1v) is 9.73. The van der Waals surface area contributed by atoms with Gasteiger partial charge in [-0.3, -0.25) is 4.79 Å². The lowest BCUT2D eigenvalue weighted by Gasteiger charge is -2.19. The summed E-state index contributed by atoms with van der Waals surface area (Å²) < 4.78 is 5.78. The summed E-state index contributed by atoms with van der Waals surface area (Å²) >= 11 is 0. The Bertz CT molecular complexity index is 891. The predicted molar refractivity (Wildman–Crippen MR) is 106 cm³/mol. The van der Waals surface area contributed by atoms with E-state index in [9.17, 15) is 4.79 Å². The quantitative estimate of drug-likeness (QED) is 0.685. The van der Waals surface area contributed by atoms with Crippen molar-refractivity contribution in [3.63, 3.8) is 0 Å². The normalized spacial score (nSPS) is 16.0. The fourth-order valence-corrected chi connectivity index (χ4v) is 3.86. The average Bonchev–Trinajstić information content (AvgIpc) is 2.95. The Morgan fingerprint density at radius 2 is 1.81 bits per heavy atom. The van der Waals surface area contributed by atoms with Crippen LogP contribution in [0.3, 0.4) is 0 Å². The van der Waals surface area contributed by atoms with E-state index < -0.39 is 0 Å². The van der Waals surface area contributed by atoms with Gasteiger partial charge in [0.1, 0.15) is 5.58 Å². The largest absolute Gasteiger partial charge is 0.451 e. The van der Waals surface area contributed by atoms with Crippen molar-refractivity contribution < 1.29 is 9.21 Å². The number of amides is 1. The van der Waals surface area contributed by atoms with Crippen LogP contribution in [0.4, 0.5) is 0 Å². The third kappa shape index (κ3) is 3.75. The van der Waals surface area contributed by atoms with Crippen molar-refractivity contribution in [2.45, 2.75) is 32.1 Å². The Labute approximate surface area is 154 Å². The highest BCUT2D eigenvalue weighted by Gasteiger charge is 2.14. The minimum absolute atomic E-state index is 0.124. The highest BCUT2D eigenvalue weighted by molar-refractivity contribution is 6.08. The van der Waals surface area contributed by atoms with Crippen LogP contribution in [0.15, 0.2) is 46.9 Å². The maximum absolute atomic E-state index is 12.4. The van der Waals surface area contributed by atoms with Crippen molar-refractivity contribution in [1.29, 1.82) is 0 Å². The van der Waals surface area contributed by atoms with Crippen molar-refractivity contribution in [3.8, 4) is 0 Å². The summed E-state index contributed by atoms with van der Waals surface area (Å²) in [6, 6.07) is 14.0. The smallest absolute Gasteiger partial charge is 0.287 e. The SMILES string of the molecule is O=C(NCCCN1CCCCCC1)c1cc2c(ccc3ccccc32)o1. The molecule has 0 radical (unpaired) electrons. The molecule has 26 heavy (non-hydrogen) atoms. The highest BCUT2D eigenvalue weighted by Crippen LogP contribution is 2.28. The van der Waals surface area contributed by atoms with Crippen LogP contribution in [0.1, 0.15) is 42.7 Å². The molecular formula is C22H26N2O2. The van der Waals surface area contributed by atoms with Crippen LogP contribution in [0, 0.1) is 0 Å². The van der Waals surface area contributed by atoms with Gasteiger partial charge in [0.2, 0.25) is 0 Å². The summed E-state index contributed by atoms with van der Waals surface area (Å²) in [6.07, 6.45) is 6.30. The molecule has 1 aliphatic rings. The summed E-state index contributed by atoms with van der Waals surface area (Å²) in [7, 11) is 0. The Hall–Kier alpha value is -2.33. The molecule has 1 fully saturated rings. The molecule has 3 aromatic rings. The van der Waals surface area contributed by atoms with E-state index in [0.717, 1.165) is 34.7 Å². The number of carbonyl (C=O) groups excluding carboxylic acids is 1. The topological polar surface area (TPSA) is 45.5 Å². The van der Waals surface area contributed by atoms with Crippen molar-refractivity contribution in [3.05, 3.63) is 48.2 Å². The van der Waals surface area contributed by atoms with Crippen LogP contribution >= 0.6 is 0 Å². The molecule has 0 atom stereocenters. The minimum atomic E-state index is -0.124. The van der Waals surface area contributed by atoms with Crippen molar-refractivity contribution >= 4 is 27.6 Å². The molecule has 2 heterocycles. The first-order chi connectivity index (χ1) is 12.8. The summed E-state index contributed by atoms with van der Waals surface area (Å²) in [5.41, 5.74) is 0.762. The predicted octanol–water partition coefficient (Wildman–Crippen LogP) is 4.58. The number of nitrogens with one attached hydrogen (secondary N) is 1. The monoisotopic (exact) mass is 350 g/mol. The second kappa shape index (κ2) is 7.92. The molecule has 4 rings (SSSR count). The third-order valence-corrected chi connectivity index (χ3v) is 5.29. The summed E-state index contributed by atoms with van der Waals surface area (Å²) in [6.45, 7) is 4.15. The number of likely N-dealkylation sites (tertiary alicyclic amines) is 1. The van der Waals surface area contributed by atoms with Crippen LogP contribution in [-0.4, -0.2) is 37.0 Å². The highest BCUT2D eigenvalue weighted by atomic mass is 16.3. The van der Waals surface area contributed by atoms with Gasteiger partial charge in [0.25, 0.3) is 5.91 Å². The number of nitrogens with zero attached hydrogens (tertiary/aromatic N) is 1. The maximum atomic E-state index is 12.4. The molecule has 0 spiro atoms. The number of rotatable bonds is 5. The molecule has 4 nitrogen and oxygen atoms in total. The Morgan fingerprint density at radius 3 is 2.65 bits per heavy atom. The molecular weight excluding hydrogens is 324 g/mol. The van der Waals surface area contributed by atoms with Gasteiger partial charge in [0.15, 0.2) is 5.76 Å². The Morgan fingerprint density at radius 1 is 1.00 bits per heavy atom. The summed E-state index contributed by atoms with van der Waals surface area (Å²) in [4.78, 5) is 15.0. The van der Waals surface area contributed by atoms with Gasteiger partial charge in [0, 0.05) is 11.9 Å². The average molecular weight is 350 g/mol.